The van der Waals surface area contributed by atoms with Crippen LogP contribution in [0.4, 0.5) is 10.8 Å². The van der Waals surface area contributed by atoms with Gasteiger partial charge in [0.25, 0.3) is 0 Å². The molecule has 1 aliphatic rings. The topological polar surface area (TPSA) is 89.9 Å². The second kappa shape index (κ2) is 11.8. The quantitative estimate of drug-likeness (QED) is 0.291. The summed E-state index contributed by atoms with van der Waals surface area (Å²) in [5.41, 5.74) is 4.84. The number of aromatic nitrogens is 1. The van der Waals surface area contributed by atoms with Crippen LogP contribution in [0.3, 0.4) is 0 Å². The van der Waals surface area contributed by atoms with Crippen LogP contribution < -0.4 is 5.32 Å². The van der Waals surface area contributed by atoms with Crippen molar-refractivity contribution in [3.05, 3.63) is 75.2 Å². The van der Waals surface area contributed by atoms with Gasteiger partial charge in [0.2, 0.25) is 0 Å². The molecular weight excluding hydrogens is 554 g/mol. The fourth-order valence-electron chi connectivity index (χ4n) is 4.47. The number of para-hydroxylation sites is 1. The Hall–Kier alpha value is -3.30. The highest BCUT2D eigenvalue weighted by molar-refractivity contribution is 9.10. The van der Waals surface area contributed by atoms with E-state index in [1.54, 1.807) is 27.7 Å². The van der Waals surface area contributed by atoms with Crippen LogP contribution in [-0.2, 0) is 19.1 Å². The first-order chi connectivity index (χ1) is 17.8. The molecule has 192 valence electrons. The number of benzene rings is 2. The van der Waals surface area contributed by atoms with E-state index in [1.165, 1.54) is 11.3 Å². The molecule has 1 N–H and O–H groups in total. The number of halogens is 1. The molecule has 9 heteroatoms. The maximum atomic E-state index is 13.2. The molecule has 4 rings (SSSR count). The third-order valence-electron chi connectivity index (χ3n) is 6.05. The van der Waals surface area contributed by atoms with Crippen LogP contribution in [0.25, 0.3) is 11.3 Å². The van der Waals surface area contributed by atoms with Gasteiger partial charge in [0.1, 0.15) is 5.92 Å². The Bertz CT molecular complexity index is 1360. The zero-order valence-electron chi connectivity index (χ0n) is 21.1. The van der Waals surface area contributed by atoms with Gasteiger partial charge < -0.3 is 14.8 Å². The minimum Gasteiger partial charge on any atom is -0.465 e. The summed E-state index contributed by atoms with van der Waals surface area (Å²) in [7, 11) is 0. The maximum absolute atomic E-state index is 13.2. The molecule has 0 bridgehead atoms. The lowest BCUT2D eigenvalue weighted by molar-refractivity contribution is -0.146. The number of rotatable bonds is 8. The van der Waals surface area contributed by atoms with Gasteiger partial charge in [-0.2, -0.15) is 0 Å². The lowest BCUT2D eigenvalue weighted by Crippen LogP contribution is -2.36. The van der Waals surface area contributed by atoms with Gasteiger partial charge in [-0.1, -0.05) is 46.3 Å². The molecule has 0 fully saturated rings. The summed E-state index contributed by atoms with van der Waals surface area (Å²) >= 11 is 4.94. The fourth-order valence-corrected chi connectivity index (χ4v) is 5.46. The van der Waals surface area contributed by atoms with E-state index in [4.69, 9.17) is 14.5 Å². The molecule has 0 radical (unpaired) electrons. The number of aliphatic imine (C=N–C) groups is 1. The van der Waals surface area contributed by atoms with Gasteiger partial charge in [0, 0.05) is 38.4 Å². The van der Waals surface area contributed by atoms with Gasteiger partial charge in [0.15, 0.2) is 5.13 Å². The normalized spacial score (nSPS) is 17.3. The van der Waals surface area contributed by atoms with Crippen molar-refractivity contribution in [1.82, 2.24) is 4.98 Å². The monoisotopic (exact) mass is 581 g/mol. The van der Waals surface area contributed by atoms with Crippen molar-refractivity contribution < 1.29 is 19.1 Å². The largest absolute Gasteiger partial charge is 0.465 e. The number of carbonyl (C=O) groups is 2. The molecule has 0 saturated heterocycles. The van der Waals surface area contributed by atoms with E-state index >= 15 is 0 Å². The standard InChI is InChI=1S/C28H28BrN3O4S/c1-5-35-26(33)23-16(3)30-17(4)24(27(34)36-6-2)25(23)20-9-7-8-10-21(20)31-28-32-22(15-37-28)18-11-13-19(29)14-12-18/h7-15,23,25H,5-6H2,1-4H3,(H,31,32). The molecular formula is C28H28BrN3O4S. The number of esters is 2. The fraction of sp³-hybridized carbons (Fsp3) is 0.286. The first kappa shape index (κ1) is 26.8. The van der Waals surface area contributed by atoms with E-state index in [0.717, 1.165) is 27.0 Å². The summed E-state index contributed by atoms with van der Waals surface area (Å²) in [5.74, 6) is -2.31. The Morgan fingerprint density at radius 1 is 1.03 bits per heavy atom. The van der Waals surface area contributed by atoms with Gasteiger partial charge in [-0.15, -0.1) is 11.3 Å². The van der Waals surface area contributed by atoms with E-state index in [-0.39, 0.29) is 13.2 Å². The summed E-state index contributed by atoms with van der Waals surface area (Å²) in [4.78, 5) is 35.6. The van der Waals surface area contributed by atoms with E-state index in [1.807, 2.05) is 53.9 Å². The number of allylic oxidation sites excluding steroid dienone is 1. The second-order valence-electron chi connectivity index (χ2n) is 8.44. The number of nitrogens with zero attached hydrogens (tertiary/aromatic N) is 2. The number of nitrogens with one attached hydrogen (secondary N) is 1. The summed E-state index contributed by atoms with van der Waals surface area (Å²) in [6, 6.07) is 15.6. The van der Waals surface area contributed by atoms with E-state index in [2.05, 4.69) is 26.2 Å². The summed E-state index contributed by atoms with van der Waals surface area (Å²) in [6.45, 7) is 7.52. The summed E-state index contributed by atoms with van der Waals surface area (Å²) < 4.78 is 11.8. The zero-order chi connectivity index (χ0) is 26.5. The van der Waals surface area contributed by atoms with E-state index in [0.29, 0.717) is 22.1 Å². The molecule has 2 aromatic carbocycles. The number of hydrogen-bond donors (Lipinski definition) is 1. The van der Waals surface area contributed by atoms with Crippen LogP contribution >= 0.6 is 27.3 Å². The highest BCUT2D eigenvalue weighted by Gasteiger charge is 2.43. The Labute approximate surface area is 228 Å². The van der Waals surface area contributed by atoms with Gasteiger partial charge in [-0.05, 0) is 51.5 Å². The molecule has 2 heterocycles. The lowest BCUT2D eigenvalue weighted by atomic mass is 9.75. The Balaban J connectivity index is 1.76. The highest BCUT2D eigenvalue weighted by Crippen LogP contribution is 2.43. The van der Waals surface area contributed by atoms with E-state index < -0.39 is 23.8 Å². The first-order valence-corrected chi connectivity index (χ1v) is 13.7. The first-order valence-electron chi connectivity index (χ1n) is 12.0. The van der Waals surface area contributed by atoms with Crippen LogP contribution in [0.5, 0.6) is 0 Å². The van der Waals surface area contributed by atoms with Crippen LogP contribution in [0.1, 0.15) is 39.2 Å². The molecule has 2 atom stereocenters. The van der Waals surface area contributed by atoms with Crippen molar-refractivity contribution in [2.45, 2.75) is 33.6 Å². The molecule has 2 unspecified atom stereocenters. The van der Waals surface area contributed by atoms with Crippen molar-refractivity contribution in [2.75, 3.05) is 18.5 Å². The SMILES string of the molecule is CCOC(=O)C1=C(C)N=C(C)C(C(=O)OCC)C1c1ccccc1Nc1nc(-c2ccc(Br)cc2)cs1. The van der Waals surface area contributed by atoms with Crippen molar-refractivity contribution >= 4 is 55.7 Å². The Morgan fingerprint density at radius 3 is 2.43 bits per heavy atom. The van der Waals surface area contributed by atoms with E-state index in [9.17, 15) is 9.59 Å². The summed E-state index contributed by atoms with van der Waals surface area (Å²) in [6.07, 6.45) is 0. The van der Waals surface area contributed by atoms with Crippen molar-refractivity contribution in [3.8, 4) is 11.3 Å². The van der Waals surface area contributed by atoms with Gasteiger partial charge in [-0.25, -0.2) is 9.78 Å². The molecule has 1 aliphatic heterocycles. The molecule has 0 spiro atoms. The van der Waals surface area contributed by atoms with Gasteiger partial charge >= 0.3 is 11.9 Å². The Kier molecular flexibility index (Phi) is 8.56. The highest BCUT2D eigenvalue weighted by atomic mass is 79.9. The molecule has 0 amide bonds. The number of ether oxygens (including phenoxy) is 2. The van der Waals surface area contributed by atoms with Crippen molar-refractivity contribution in [1.29, 1.82) is 0 Å². The zero-order valence-corrected chi connectivity index (χ0v) is 23.5. The molecule has 7 nitrogen and oxygen atoms in total. The molecule has 0 saturated carbocycles. The molecule has 0 aliphatic carbocycles. The average molecular weight is 583 g/mol. The van der Waals surface area contributed by atoms with Crippen LogP contribution in [-0.4, -0.2) is 35.8 Å². The number of hydrogen-bond acceptors (Lipinski definition) is 8. The van der Waals surface area contributed by atoms with Crippen molar-refractivity contribution in [3.63, 3.8) is 0 Å². The summed E-state index contributed by atoms with van der Waals surface area (Å²) in [5, 5.41) is 6.09. The third kappa shape index (κ3) is 5.83. The Morgan fingerprint density at radius 2 is 1.73 bits per heavy atom. The third-order valence-corrected chi connectivity index (χ3v) is 7.33. The second-order valence-corrected chi connectivity index (χ2v) is 10.2. The molecule has 1 aromatic heterocycles. The average Bonchev–Trinajstić information content (AvgIpc) is 3.33. The predicted octanol–water partition coefficient (Wildman–Crippen LogP) is 6.89. The smallest absolute Gasteiger partial charge is 0.336 e. The minimum absolute atomic E-state index is 0.215. The van der Waals surface area contributed by atoms with Crippen LogP contribution in [0.15, 0.2) is 74.6 Å². The predicted molar refractivity (Wildman–Crippen MR) is 150 cm³/mol. The number of anilines is 2. The maximum Gasteiger partial charge on any atom is 0.336 e. The molecule has 3 aromatic rings. The van der Waals surface area contributed by atoms with Crippen molar-refractivity contribution in [2.24, 2.45) is 10.9 Å². The lowest BCUT2D eigenvalue weighted by Gasteiger charge is -2.32. The molecule has 37 heavy (non-hydrogen) atoms. The van der Waals surface area contributed by atoms with Gasteiger partial charge in [0.05, 0.1) is 24.5 Å². The number of thiazole rings is 1. The van der Waals surface area contributed by atoms with Gasteiger partial charge in [-0.3, -0.25) is 9.79 Å². The number of carbonyl (C=O) groups excluding carboxylic acids is 2. The minimum atomic E-state index is -0.763. The van der Waals surface area contributed by atoms with Crippen LogP contribution in [0.2, 0.25) is 0 Å². The van der Waals surface area contributed by atoms with Crippen LogP contribution in [0, 0.1) is 5.92 Å².